The molecule has 0 aliphatic rings. The van der Waals surface area contributed by atoms with Gasteiger partial charge in [-0.3, -0.25) is 9.78 Å². The number of methoxy groups -OCH3 is 1. The SMILES string of the molecule is COC(=O)c1ccc(C(=O)NCCCOC(C)c2ccccc2)nc1. The van der Waals surface area contributed by atoms with E-state index in [0.717, 1.165) is 5.56 Å². The Morgan fingerprint density at radius 1 is 1.16 bits per heavy atom. The molecule has 0 aliphatic heterocycles. The van der Waals surface area contributed by atoms with Crippen LogP contribution in [0.1, 0.15) is 45.9 Å². The van der Waals surface area contributed by atoms with Gasteiger partial charge in [-0.2, -0.15) is 0 Å². The molecule has 1 heterocycles. The molecule has 0 radical (unpaired) electrons. The zero-order valence-electron chi connectivity index (χ0n) is 14.4. The van der Waals surface area contributed by atoms with Crippen molar-refractivity contribution in [2.24, 2.45) is 0 Å². The maximum absolute atomic E-state index is 12.0. The van der Waals surface area contributed by atoms with Crippen LogP contribution < -0.4 is 5.32 Å². The number of aromatic nitrogens is 1. The molecule has 0 fully saturated rings. The number of carbonyl (C=O) groups is 2. The zero-order chi connectivity index (χ0) is 18.1. The lowest BCUT2D eigenvalue weighted by Crippen LogP contribution is -2.26. The Morgan fingerprint density at radius 2 is 1.92 bits per heavy atom. The van der Waals surface area contributed by atoms with Gasteiger partial charge in [-0.05, 0) is 31.0 Å². The summed E-state index contributed by atoms with van der Waals surface area (Å²) in [6.07, 6.45) is 2.04. The minimum atomic E-state index is -0.482. The first kappa shape index (κ1) is 18.6. The third-order valence-electron chi connectivity index (χ3n) is 3.66. The fraction of sp³-hybridized carbons (Fsp3) is 0.316. The van der Waals surface area contributed by atoms with Crippen molar-refractivity contribution >= 4 is 11.9 Å². The van der Waals surface area contributed by atoms with Crippen LogP contribution in [-0.4, -0.2) is 37.1 Å². The zero-order valence-corrected chi connectivity index (χ0v) is 14.4. The van der Waals surface area contributed by atoms with Crippen LogP contribution in [0.3, 0.4) is 0 Å². The Balaban J connectivity index is 1.69. The number of ether oxygens (including phenoxy) is 2. The quantitative estimate of drug-likeness (QED) is 0.589. The molecular weight excluding hydrogens is 320 g/mol. The highest BCUT2D eigenvalue weighted by molar-refractivity contribution is 5.94. The topological polar surface area (TPSA) is 77.5 Å². The molecular formula is C19H22N2O4. The summed E-state index contributed by atoms with van der Waals surface area (Å²) in [7, 11) is 1.30. The van der Waals surface area contributed by atoms with Crippen LogP contribution in [0.5, 0.6) is 0 Å². The Kier molecular flexibility index (Phi) is 7.10. The standard InChI is InChI=1S/C19H22N2O4/c1-14(15-7-4-3-5-8-15)25-12-6-11-20-18(22)17-10-9-16(13-21-17)19(23)24-2/h3-5,7-10,13-14H,6,11-12H2,1-2H3,(H,20,22). The Bertz CT molecular complexity index is 686. The minimum Gasteiger partial charge on any atom is -0.465 e. The molecule has 6 nitrogen and oxygen atoms in total. The van der Waals surface area contributed by atoms with Gasteiger partial charge in [0.25, 0.3) is 5.91 Å². The monoisotopic (exact) mass is 342 g/mol. The van der Waals surface area contributed by atoms with Gasteiger partial charge in [0.2, 0.25) is 0 Å². The molecule has 25 heavy (non-hydrogen) atoms. The van der Waals surface area contributed by atoms with Crippen LogP contribution in [0.2, 0.25) is 0 Å². The lowest BCUT2D eigenvalue weighted by Gasteiger charge is -2.13. The maximum Gasteiger partial charge on any atom is 0.339 e. The van der Waals surface area contributed by atoms with E-state index in [0.29, 0.717) is 25.1 Å². The third-order valence-corrected chi connectivity index (χ3v) is 3.66. The van der Waals surface area contributed by atoms with E-state index in [4.69, 9.17) is 4.74 Å². The van der Waals surface area contributed by atoms with Crippen LogP contribution in [0.4, 0.5) is 0 Å². The highest BCUT2D eigenvalue weighted by atomic mass is 16.5. The number of nitrogens with one attached hydrogen (secondary N) is 1. The molecule has 1 atom stereocenters. The fourth-order valence-electron chi connectivity index (χ4n) is 2.21. The van der Waals surface area contributed by atoms with Crippen molar-refractivity contribution in [3.8, 4) is 0 Å². The molecule has 1 aromatic heterocycles. The van der Waals surface area contributed by atoms with E-state index in [1.165, 1.54) is 25.4 Å². The summed E-state index contributed by atoms with van der Waals surface area (Å²) in [5.41, 5.74) is 1.69. The Hall–Kier alpha value is -2.73. The van der Waals surface area contributed by atoms with Crippen molar-refractivity contribution in [1.29, 1.82) is 0 Å². The van der Waals surface area contributed by atoms with Gasteiger partial charge in [0, 0.05) is 19.3 Å². The van der Waals surface area contributed by atoms with E-state index in [1.807, 2.05) is 37.3 Å². The van der Waals surface area contributed by atoms with Crippen LogP contribution in [-0.2, 0) is 9.47 Å². The van der Waals surface area contributed by atoms with E-state index in [9.17, 15) is 9.59 Å². The fourth-order valence-corrected chi connectivity index (χ4v) is 2.21. The summed E-state index contributed by atoms with van der Waals surface area (Å²) in [5.74, 6) is -0.767. The molecule has 0 aliphatic carbocycles. The summed E-state index contributed by atoms with van der Waals surface area (Å²) in [6.45, 7) is 3.03. The number of hydrogen-bond acceptors (Lipinski definition) is 5. The molecule has 1 aromatic carbocycles. The van der Waals surface area contributed by atoms with Gasteiger partial charge >= 0.3 is 5.97 Å². The van der Waals surface area contributed by atoms with Gasteiger partial charge in [0.1, 0.15) is 5.69 Å². The largest absolute Gasteiger partial charge is 0.465 e. The normalized spacial score (nSPS) is 11.6. The second-order valence-electron chi connectivity index (χ2n) is 5.46. The number of benzene rings is 1. The van der Waals surface area contributed by atoms with Crippen LogP contribution in [0.15, 0.2) is 48.7 Å². The van der Waals surface area contributed by atoms with Gasteiger partial charge in [0.05, 0.1) is 18.8 Å². The molecule has 2 aromatic rings. The van der Waals surface area contributed by atoms with Crippen molar-refractivity contribution in [3.05, 3.63) is 65.5 Å². The molecule has 132 valence electrons. The summed E-state index contributed by atoms with van der Waals surface area (Å²) in [6, 6.07) is 13.0. The van der Waals surface area contributed by atoms with Crippen LogP contribution >= 0.6 is 0 Å². The predicted octanol–water partition coefficient (Wildman–Crippen LogP) is 2.77. The summed E-state index contributed by atoms with van der Waals surface area (Å²) < 4.78 is 10.3. The van der Waals surface area contributed by atoms with Crippen LogP contribution in [0.25, 0.3) is 0 Å². The highest BCUT2D eigenvalue weighted by Crippen LogP contribution is 2.15. The first-order valence-electron chi connectivity index (χ1n) is 8.11. The second kappa shape index (κ2) is 9.54. The van der Waals surface area contributed by atoms with E-state index in [2.05, 4.69) is 15.0 Å². The van der Waals surface area contributed by atoms with E-state index in [-0.39, 0.29) is 17.7 Å². The number of rotatable bonds is 8. The summed E-state index contributed by atoms with van der Waals surface area (Å²) in [4.78, 5) is 27.3. The molecule has 6 heteroatoms. The number of pyridine rings is 1. The van der Waals surface area contributed by atoms with E-state index in [1.54, 1.807) is 0 Å². The van der Waals surface area contributed by atoms with E-state index < -0.39 is 5.97 Å². The van der Waals surface area contributed by atoms with Gasteiger partial charge in [-0.25, -0.2) is 4.79 Å². The van der Waals surface area contributed by atoms with Crippen molar-refractivity contribution in [2.45, 2.75) is 19.4 Å². The average Bonchev–Trinajstić information content (AvgIpc) is 2.67. The lowest BCUT2D eigenvalue weighted by atomic mass is 10.1. The van der Waals surface area contributed by atoms with Gasteiger partial charge in [-0.15, -0.1) is 0 Å². The molecule has 1 amide bonds. The van der Waals surface area contributed by atoms with Gasteiger partial charge in [0.15, 0.2) is 0 Å². The number of nitrogens with zero attached hydrogens (tertiary/aromatic N) is 1. The molecule has 0 spiro atoms. The first-order valence-corrected chi connectivity index (χ1v) is 8.11. The molecule has 1 N–H and O–H groups in total. The first-order chi connectivity index (χ1) is 12.1. The van der Waals surface area contributed by atoms with Crippen molar-refractivity contribution in [1.82, 2.24) is 10.3 Å². The molecule has 1 unspecified atom stereocenters. The summed E-state index contributed by atoms with van der Waals surface area (Å²) in [5, 5.41) is 2.78. The van der Waals surface area contributed by atoms with Gasteiger partial charge < -0.3 is 14.8 Å². The maximum atomic E-state index is 12.0. The predicted molar refractivity (Wildman–Crippen MR) is 93.3 cm³/mol. The number of esters is 1. The van der Waals surface area contributed by atoms with Gasteiger partial charge in [-0.1, -0.05) is 30.3 Å². The number of carbonyl (C=O) groups excluding carboxylic acids is 2. The smallest absolute Gasteiger partial charge is 0.339 e. The Morgan fingerprint density at radius 3 is 2.56 bits per heavy atom. The van der Waals surface area contributed by atoms with Crippen molar-refractivity contribution < 1.29 is 19.1 Å². The third kappa shape index (κ3) is 5.69. The summed E-state index contributed by atoms with van der Waals surface area (Å²) >= 11 is 0. The average molecular weight is 342 g/mol. The Labute approximate surface area is 147 Å². The minimum absolute atomic E-state index is 0.0180. The second-order valence-corrected chi connectivity index (χ2v) is 5.46. The van der Waals surface area contributed by atoms with E-state index >= 15 is 0 Å². The highest BCUT2D eigenvalue weighted by Gasteiger charge is 2.10. The molecule has 0 saturated heterocycles. The van der Waals surface area contributed by atoms with Crippen molar-refractivity contribution in [2.75, 3.05) is 20.3 Å². The molecule has 2 rings (SSSR count). The lowest BCUT2D eigenvalue weighted by molar-refractivity contribution is 0.0598. The number of amides is 1. The van der Waals surface area contributed by atoms with Crippen LogP contribution in [0, 0.1) is 0 Å². The van der Waals surface area contributed by atoms with Crippen molar-refractivity contribution in [3.63, 3.8) is 0 Å². The number of hydrogen-bond donors (Lipinski definition) is 1. The molecule has 0 bridgehead atoms. The molecule has 0 saturated carbocycles.